The molecule has 0 radical (unpaired) electrons. The molecule has 1 aromatic rings. The van der Waals surface area contributed by atoms with Crippen LogP contribution >= 0.6 is 7.60 Å². The molecule has 0 atom stereocenters. The Bertz CT molecular complexity index is 495. The molecule has 78 valence electrons. The Morgan fingerprint density at radius 3 is 2.47 bits per heavy atom. The molecule has 7 heteroatoms. The van der Waals surface area contributed by atoms with Crippen LogP contribution in [0.15, 0.2) is 24.3 Å². The molecule has 1 rings (SSSR count). The third-order valence-corrected chi connectivity index (χ3v) is 1.84. The molecule has 1 aromatic carbocycles. The maximum Gasteiger partial charge on any atom is 0.400 e. The van der Waals surface area contributed by atoms with Gasteiger partial charge in [0, 0.05) is 11.7 Å². The van der Waals surface area contributed by atoms with E-state index in [2.05, 4.69) is 5.92 Å². The summed E-state index contributed by atoms with van der Waals surface area (Å²) in [5, 5.41) is 10.5. The lowest BCUT2D eigenvalue weighted by Crippen LogP contribution is -1.91. The zero-order valence-corrected chi connectivity index (χ0v) is 8.22. The van der Waals surface area contributed by atoms with Crippen LogP contribution in [0.3, 0.4) is 0 Å². The van der Waals surface area contributed by atoms with Crippen molar-refractivity contribution in [3.63, 3.8) is 0 Å². The minimum atomic E-state index is -4.46. The summed E-state index contributed by atoms with van der Waals surface area (Å²) in [6.07, 6.45) is 0. The van der Waals surface area contributed by atoms with Crippen molar-refractivity contribution in [3.8, 4) is 11.6 Å². The summed E-state index contributed by atoms with van der Waals surface area (Å²) in [5.41, 5.74) is 1.34. The van der Waals surface area contributed by atoms with Gasteiger partial charge in [-0.25, -0.2) is 4.57 Å². The largest absolute Gasteiger partial charge is 0.400 e. The lowest BCUT2D eigenvalue weighted by atomic mass is 10.2. The normalized spacial score (nSPS) is 10.3. The van der Waals surface area contributed by atoms with Crippen molar-refractivity contribution >= 4 is 13.3 Å². The fraction of sp³-hybridized carbons (Fsp3) is 0. The molecule has 6 nitrogen and oxygen atoms in total. The van der Waals surface area contributed by atoms with Crippen molar-refractivity contribution in [2.24, 2.45) is 0 Å². The van der Waals surface area contributed by atoms with Gasteiger partial charge in [-0.1, -0.05) is 12.1 Å². The Labute approximate surface area is 84.9 Å². The predicted octanol–water partition coefficient (Wildman–Crippen LogP) is 1.08. The van der Waals surface area contributed by atoms with E-state index in [1.165, 1.54) is 24.3 Å². The molecule has 0 aromatic heterocycles. The fourth-order valence-corrected chi connectivity index (χ4v) is 1.14. The number of nitro benzene ring substituents is 1. The van der Waals surface area contributed by atoms with Crippen LogP contribution in [-0.4, -0.2) is 14.7 Å². The summed E-state index contributed by atoms with van der Waals surface area (Å²) in [4.78, 5) is 26.8. The van der Waals surface area contributed by atoms with E-state index >= 15 is 0 Å². The molecule has 0 amide bonds. The van der Waals surface area contributed by atoms with Gasteiger partial charge in [0.2, 0.25) is 0 Å². The summed E-state index contributed by atoms with van der Waals surface area (Å²) in [7, 11) is -4.46. The van der Waals surface area contributed by atoms with E-state index in [4.69, 9.17) is 9.79 Å². The molecule has 0 saturated heterocycles. The Morgan fingerprint density at radius 2 is 1.93 bits per heavy atom. The monoisotopic (exact) mass is 227 g/mol. The van der Waals surface area contributed by atoms with Crippen LogP contribution in [0.25, 0.3) is 0 Å². The summed E-state index contributed by atoms with van der Waals surface area (Å²) in [6, 6.07) is 5.47. The molecule has 0 heterocycles. The highest BCUT2D eigenvalue weighted by Crippen LogP contribution is 2.32. The van der Waals surface area contributed by atoms with Gasteiger partial charge in [-0.3, -0.25) is 10.1 Å². The highest BCUT2D eigenvalue weighted by molar-refractivity contribution is 7.57. The highest BCUT2D eigenvalue weighted by atomic mass is 31.2. The molecule has 0 saturated carbocycles. The molecule has 0 aliphatic heterocycles. The molecular weight excluding hydrogens is 221 g/mol. The van der Waals surface area contributed by atoms with E-state index in [0.29, 0.717) is 0 Å². The van der Waals surface area contributed by atoms with Crippen LogP contribution in [0.5, 0.6) is 0 Å². The van der Waals surface area contributed by atoms with Gasteiger partial charge in [-0.2, -0.15) is 0 Å². The molecule has 2 N–H and O–H groups in total. The van der Waals surface area contributed by atoms with Gasteiger partial charge in [-0.05, 0) is 12.0 Å². The first-order valence-electron chi connectivity index (χ1n) is 3.72. The smallest absolute Gasteiger partial charge is 0.315 e. The maximum absolute atomic E-state index is 10.5. The molecule has 0 spiro atoms. The predicted molar refractivity (Wildman–Crippen MR) is 52.0 cm³/mol. The third kappa shape index (κ3) is 3.52. The first-order valence-corrected chi connectivity index (χ1v) is 5.33. The van der Waals surface area contributed by atoms with Crippen molar-refractivity contribution in [3.05, 3.63) is 39.9 Å². The van der Waals surface area contributed by atoms with Gasteiger partial charge < -0.3 is 9.79 Å². The number of hydrogen-bond acceptors (Lipinski definition) is 3. The first-order chi connectivity index (χ1) is 6.90. The number of nitrogens with zero attached hydrogens (tertiary/aromatic N) is 1. The number of para-hydroxylation sites is 1. The van der Waals surface area contributed by atoms with Crippen LogP contribution in [0.2, 0.25) is 0 Å². The average molecular weight is 227 g/mol. The van der Waals surface area contributed by atoms with E-state index < -0.39 is 12.5 Å². The van der Waals surface area contributed by atoms with Crippen LogP contribution in [0.4, 0.5) is 5.69 Å². The SMILES string of the molecule is O=[N+]([O-])c1ccccc1C#CP(=O)(O)O. The number of hydrogen-bond donors (Lipinski definition) is 2. The summed E-state index contributed by atoms with van der Waals surface area (Å²) in [6.45, 7) is 0. The lowest BCUT2D eigenvalue weighted by Gasteiger charge is -1.94. The topological polar surface area (TPSA) is 101 Å². The minimum absolute atomic E-state index is 0.0224. The molecule has 0 aliphatic carbocycles. The van der Waals surface area contributed by atoms with E-state index in [9.17, 15) is 14.7 Å². The summed E-state index contributed by atoms with van der Waals surface area (Å²) >= 11 is 0. The van der Waals surface area contributed by atoms with E-state index in [0.717, 1.165) is 0 Å². The van der Waals surface area contributed by atoms with Gasteiger partial charge >= 0.3 is 7.60 Å². The zero-order chi connectivity index (χ0) is 11.5. The van der Waals surface area contributed by atoms with Crippen LogP contribution in [-0.2, 0) is 4.57 Å². The quantitative estimate of drug-likeness (QED) is 0.323. The van der Waals surface area contributed by atoms with Gasteiger partial charge in [0.1, 0.15) is 5.56 Å². The molecule has 0 unspecified atom stereocenters. The molecule has 0 fully saturated rings. The molecule has 0 bridgehead atoms. The lowest BCUT2D eigenvalue weighted by molar-refractivity contribution is -0.385. The molecule has 15 heavy (non-hydrogen) atoms. The van der Waals surface area contributed by atoms with Gasteiger partial charge in [-0.15, -0.1) is 0 Å². The van der Waals surface area contributed by atoms with Gasteiger partial charge in [0.15, 0.2) is 0 Å². The summed E-state index contributed by atoms with van der Waals surface area (Å²) in [5.74, 6) is 2.08. The van der Waals surface area contributed by atoms with E-state index in [-0.39, 0.29) is 11.3 Å². The number of rotatable bonds is 1. The van der Waals surface area contributed by atoms with Crippen molar-refractivity contribution in [2.75, 3.05) is 0 Å². The zero-order valence-electron chi connectivity index (χ0n) is 7.32. The van der Waals surface area contributed by atoms with Crippen molar-refractivity contribution in [1.29, 1.82) is 0 Å². The van der Waals surface area contributed by atoms with Crippen LogP contribution in [0.1, 0.15) is 5.56 Å². The molecule has 0 aliphatic rings. The van der Waals surface area contributed by atoms with Gasteiger partial charge in [0.05, 0.1) is 4.92 Å². The van der Waals surface area contributed by atoms with Crippen LogP contribution in [0, 0.1) is 21.7 Å². The Morgan fingerprint density at radius 1 is 1.33 bits per heavy atom. The number of benzene rings is 1. The van der Waals surface area contributed by atoms with Gasteiger partial charge in [0.25, 0.3) is 5.69 Å². The Hall–Kier alpha value is -1.67. The van der Waals surface area contributed by atoms with Crippen molar-refractivity contribution in [1.82, 2.24) is 0 Å². The Balaban J connectivity index is 3.20. The standard InChI is InChI=1S/C8H6NO5P/c10-9(11)8-4-2-1-3-7(8)5-6-15(12,13)14/h1-4H,(H2,12,13,14). The average Bonchev–Trinajstić information content (AvgIpc) is 2.14. The molecular formula is C8H6NO5P. The van der Waals surface area contributed by atoms with E-state index in [1.54, 1.807) is 5.66 Å². The van der Waals surface area contributed by atoms with Crippen molar-refractivity contribution < 1.29 is 19.3 Å². The summed E-state index contributed by atoms with van der Waals surface area (Å²) < 4.78 is 10.4. The second-order valence-electron chi connectivity index (χ2n) is 2.56. The first kappa shape index (κ1) is 11.4. The minimum Gasteiger partial charge on any atom is -0.315 e. The maximum atomic E-state index is 10.5. The number of nitro groups is 1. The van der Waals surface area contributed by atoms with Crippen molar-refractivity contribution in [2.45, 2.75) is 0 Å². The third-order valence-electron chi connectivity index (χ3n) is 1.44. The fourth-order valence-electron chi connectivity index (χ4n) is 0.872. The van der Waals surface area contributed by atoms with E-state index in [1.807, 2.05) is 0 Å². The second-order valence-corrected chi connectivity index (χ2v) is 3.87. The Kier molecular flexibility index (Phi) is 3.22. The highest BCUT2D eigenvalue weighted by Gasteiger charge is 2.11. The second kappa shape index (κ2) is 4.24. The van der Waals surface area contributed by atoms with Crippen LogP contribution < -0.4 is 0 Å².